The number of fused-ring (bicyclic) bond motifs is 1. The minimum Gasteiger partial charge on any atom is -0.407 e. The number of amides is 1. The van der Waals surface area contributed by atoms with E-state index in [1.54, 1.807) is 0 Å². The summed E-state index contributed by atoms with van der Waals surface area (Å²) in [7, 11) is -10.6. The largest absolute Gasteiger partial charge is 0.407 e. The van der Waals surface area contributed by atoms with Crippen molar-refractivity contribution < 1.29 is 34.6 Å². The van der Waals surface area contributed by atoms with Crippen LogP contribution in [-0.4, -0.2) is 67.4 Å². The smallest absolute Gasteiger partial charge is 0.264 e. The van der Waals surface area contributed by atoms with Crippen LogP contribution in [-0.2, 0) is 28.8 Å². The summed E-state index contributed by atoms with van der Waals surface area (Å²) >= 11 is 5.82. The molecule has 1 aromatic carbocycles. The third-order valence-corrected chi connectivity index (χ3v) is 13.0. The molecule has 2 aromatic rings. The Balaban J connectivity index is 2.08. The molecule has 16 heteroatoms. The Morgan fingerprint density at radius 2 is 1.87 bits per heavy atom. The van der Waals surface area contributed by atoms with E-state index >= 15 is 0 Å². The van der Waals surface area contributed by atoms with Gasteiger partial charge in [0.05, 0.1) is 29.7 Å². The Morgan fingerprint density at radius 3 is 2.41 bits per heavy atom. The number of rotatable bonds is 9. The molecule has 0 spiro atoms. The lowest BCUT2D eigenvalue weighted by Gasteiger charge is -2.41. The molecule has 0 aliphatic carbocycles. The molecule has 3 rings (SSSR count). The van der Waals surface area contributed by atoms with Crippen LogP contribution >= 0.6 is 11.6 Å². The Kier molecular flexibility index (Phi) is 8.75. The molecule has 0 fully saturated rings. The summed E-state index contributed by atoms with van der Waals surface area (Å²) < 4.78 is 76.1. The quantitative estimate of drug-likeness (QED) is 0.313. The lowest BCUT2D eigenvalue weighted by molar-refractivity contribution is 0.102. The molecule has 39 heavy (non-hydrogen) atoms. The van der Waals surface area contributed by atoms with Crippen LogP contribution in [0.25, 0.3) is 0 Å². The molecule has 216 valence electrons. The van der Waals surface area contributed by atoms with Crippen molar-refractivity contribution in [2.75, 3.05) is 34.1 Å². The fraction of sp³-hybridized carbons (Fsp3) is 0.478. The maximum absolute atomic E-state index is 13.6. The van der Waals surface area contributed by atoms with Crippen molar-refractivity contribution in [2.45, 2.75) is 51.2 Å². The molecule has 11 nitrogen and oxygen atoms in total. The lowest BCUT2D eigenvalue weighted by Crippen LogP contribution is -2.56. The number of carbonyl (C=O) groups is 1. The second-order valence-electron chi connectivity index (χ2n) is 10.7. The molecule has 0 radical (unpaired) electrons. The second kappa shape index (κ2) is 10.9. The molecule has 1 aliphatic heterocycles. The highest BCUT2D eigenvalue weighted by Gasteiger charge is 2.48. The summed E-state index contributed by atoms with van der Waals surface area (Å²) in [5, 5.41) is 5.05. The van der Waals surface area contributed by atoms with E-state index in [1.165, 1.54) is 24.4 Å². The van der Waals surface area contributed by atoms with Crippen LogP contribution in [0.2, 0.25) is 23.2 Å². The van der Waals surface area contributed by atoms with Crippen molar-refractivity contribution in [2.24, 2.45) is 0 Å². The number of nitrogens with one attached hydrogen (secondary N) is 2. The van der Waals surface area contributed by atoms with Crippen molar-refractivity contribution in [3.8, 4) is 0 Å². The van der Waals surface area contributed by atoms with Crippen molar-refractivity contribution in [1.82, 2.24) is 4.98 Å². The van der Waals surface area contributed by atoms with Gasteiger partial charge < -0.3 is 15.1 Å². The van der Waals surface area contributed by atoms with Crippen LogP contribution in [0.4, 0.5) is 21.6 Å². The van der Waals surface area contributed by atoms with Gasteiger partial charge in [-0.05, 0) is 42.4 Å². The molecule has 0 saturated carbocycles. The summed E-state index contributed by atoms with van der Waals surface area (Å²) in [6.07, 6.45) is 0.862. The Morgan fingerprint density at radius 1 is 1.23 bits per heavy atom. The summed E-state index contributed by atoms with van der Waals surface area (Å²) in [5.74, 6) is -1.31. The average molecular weight is 623 g/mol. The third-order valence-electron chi connectivity index (χ3n) is 6.51. The van der Waals surface area contributed by atoms with Gasteiger partial charge in [0.2, 0.25) is 10.0 Å². The predicted octanol–water partition coefficient (Wildman–Crippen LogP) is 4.01. The van der Waals surface area contributed by atoms with Crippen molar-refractivity contribution in [3.63, 3.8) is 0 Å². The average Bonchev–Trinajstić information content (AvgIpc) is 3.18. The first-order chi connectivity index (χ1) is 17.7. The zero-order valence-electron chi connectivity index (χ0n) is 22.6. The van der Waals surface area contributed by atoms with Gasteiger partial charge in [-0.2, -0.15) is 8.42 Å². The number of hydrogen-bond donors (Lipinski definition) is 2. The first kappa shape index (κ1) is 31.2. The molecule has 2 unspecified atom stereocenters. The van der Waals surface area contributed by atoms with Gasteiger partial charge in [0, 0.05) is 11.9 Å². The van der Waals surface area contributed by atoms with Gasteiger partial charge in [-0.3, -0.25) is 8.98 Å². The maximum atomic E-state index is 13.6. The first-order valence-corrected chi connectivity index (χ1v) is 18.7. The number of halogens is 2. The van der Waals surface area contributed by atoms with Crippen LogP contribution in [0.15, 0.2) is 30.5 Å². The van der Waals surface area contributed by atoms with Crippen molar-refractivity contribution >= 4 is 63.2 Å². The van der Waals surface area contributed by atoms with E-state index in [0.717, 1.165) is 22.9 Å². The number of pyridine rings is 1. The van der Waals surface area contributed by atoms with E-state index in [1.807, 2.05) is 33.9 Å². The zero-order valence-corrected chi connectivity index (χ0v) is 26.0. The van der Waals surface area contributed by atoms with Gasteiger partial charge in [-0.1, -0.05) is 32.4 Å². The van der Waals surface area contributed by atoms with Gasteiger partial charge >= 0.3 is 0 Å². The number of carbonyl (C=O) groups excluding carboxylic acids is 1. The van der Waals surface area contributed by atoms with Gasteiger partial charge in [0.1, 0.15) is 23.8 Å². The van der Waals surface area contributed by atoms with E-state index in [4.69, 9.17) is 20.2 Å². The van der Waals surface area contributed by atoms with Gasteiger partial charge in [-0.15, -0.1) is 0 Å². The summed E-state index contributed by atoms with van der Waals surface area (Å²) in [6.45, 7) is 9.30. The number of aromatic nitrogens is 1. The van der Waals surface area contributed by atoms with Gasteiger partial charge in [0.25, 0.3) is 16.0 Å². The standard InChI is InChI=1S/C23H32ClFN4O7S2Si/c1-23(2,3)39(6,7)36-18(13-35-38(5,33)34)21-28-20-19(29(21)37(4,31)32)15(10-11-26-20)22(30)27-14-8-9-17(25)16(24)12-14/h8-12,18,21H,13H2,1-7H3,(H,26,28)(H,27,30). The molecule has 1 aromatic heterocycles. The van der Waals surface area contributed by atoms with E-state index in [2.05, 4.69) is 15.6 Å². The van der Waals surface area contributed by atoms with Crippen molar-refractivity contribution in [3.05, 3.63) is 46.9 Å². The number of hydrogen-bond acceptors (Lipinski definition) is 9. The Hall–Kier alpha value is -2.30. The topological polar surface area (TPSA) is 144 Å². The number of sulfonamides is 1. The third kappa shape index (κ3) is 7.26. The molecule has 1 amide bonds. The van der Waals surface area contributed by atoms with Crippen LogP contribution in [0, 0.1) is 5.82 Å². The summed E-state index contributed by atoms with van der Waals surface area (Å²) in [5.41, 5.74) is 0.0703. The van der Waals surface area contributed by atoms with Crippen molar-refractivity contribution in [1.29, 1.82) is 0 Å². The highest BCUT2D eigenvalue weighted by Crippen LogP contribution is 2.42. The molecule has 2 heterocycles. The monoisotopic (exact) mass is 622 g/mol. The Bertz CT molecular complexity index is 1480. The normalized spacial score (nSPS) is 16.9. The van der Waals surface area contributed by atoms with Crippen LogP contribution in [0.3, 0.4) is 0 Å². The van der Waals surface area contributed by atoms with Crippen LogP contribution < -0.4 is 14.9 Å². The van der Waals surface area contributed by atoms with Gasteiger partial charge in [0.15, 0.2) is 14.1 Å². The molecule has 2 N–H and O–H groups in total. The number of nitrogens with zero attached hydrogens (tertiary/aromatic N) is 2. The molecule has 0 saturated heterocycles. The molecule has 2 atom stereocenters. The van der Waals surface area contributed by atoms with E-state index in [-0.39, 0.29) is 32.8 Å². The van der Waals surface area contributed by atoms with E-state index < -0.39 is 59.1 Å². The lowest BCUT2D eigenvalue weighted by atomic mass is 10.2. The molecular weight excluding hydrogens is 591 g/mol. The maximum Gasteiger partial charge on any atom is 0.264 e. The van der Waals surface area contributed by atoms with E-state index in [9.17, 15) is 26.0 Å². The van der Waals surface area contributed by atoms with Gasteiger partial charge in [-0.25, -0.2) is 22.1 Å². The fourth-order valence-corrected chi connectivity index (χ4v) is 6.61. The van der Waals surface area contributed by atoms with Crippen LogP contribution in [0.1, 0.15) is 31.1 Å². The van der Waals surface area contributed by atoms with E-state index in [0.29, 0.717) is 0 Å². The summed E-state index contributed by atoms with van der Waals surface area (Å²) in [4.78, 5) is 17.5. The number of anilines is 3. The first-order valence-electron chi connectivity index (χ1n) is 11.7. The molecule has 1 aliphatic rings. The predicted molar refractivity (Wildman–Crippen MR) is 151 cm³/mol. The second-order valence-corrected chi connectivity index (χ2v) is 19.4. The Labute approximate surface area is 234 Å². The minimum atomic E-state index is -4.09. The fourth-order valence-electron chi connectivity index (χ4n) is 3.63. The summed E-state index contributed by atoms with van der Waals surface area (Å²) in [6, 6.07) is 4.94. The zero-order chi connectivity index (χ0) is 29.6. The molecule has 0 bridgehead atoms. The SMILES string of the molecule is CC(C)(C)[Si](C)(C)OC(COS(C)(=O)=O)C1Nc2nccc(C(=O)Nc3ccc(F)c(Cl)c3)c2N1S(C)(=O)=O. The highest BCUT2D eigenvalue weighted by atomic mass is 35.5. The highest BCUT2D eigenvalue weighted by molar-refractivity contribution is 7.92. The molecular formula is C23H32ClFN4O7S2Si. The number of benzene rings is 1. The van der Waals surface area contributed by atoms with Crippen LogP contribution in [0.5, 0.6) is 0 Å². The minimum absolute atomic E-state index is 0.0566.